The number of carbonyl (C=O) groups is 3. The number of carbonyl (C=O) groups excluding carboxylic acids is 3. The van der Waals surface area contributed by atoms with Crippen molar-refractivity contribution in [1.29, 1.82) is 0 Å². The van der Waals surface area contributed by atoms with Gasteiger partial charge in [0.1, 0.15) is 29.5 Å². The normalized spacial score (nSPS) is 28.1. The zero-order valence-electron chi connectivity index (χ0n) is 28.7. The molecule has 3 N–H and O–H groups in total. The monoisotopic (exact) mass is 777 g/mol. The van der Waals surface area contributed by atoms with Gasteiger partial charge in [0.05, 0.1) is 27.1 Å². The number of ether oxygens (including phenoxy) is 1. The number of hydrogen-bond donors (Lipinski definition) is 3. The van der Waals surface area contributed by atoms with Crippen LogP contribution < -0.4 is 20.1 Å². The van der Waals surface area contributed by atoms with Crippen molar-refractivity contribution in [3.63, 3.8) is 0 Å². The molecule has 11 nitrogen and oxygen atoms in total. The molecule has 2 aliphatic heterocycles. The number of anilines is 1. The molecule has 3 fully saturated rings. The number of amides is 3. The fourth-order valence-electron chi connectivity index (χ4n) is 7.02. The van der Waals surface area contributed by atoms with Crippen molar-refractivity contribution in [3.8, 4) is 5.19 Å². The van der Waals surface area contributed by atoms with E-state index < -0.39 is 79.7 Å². The standard InChI is InChI=1S/C36H39F4N5O6S2/c1-34(15-16-34)53(49,50)44-32(48)35-19-21(35)9-5-3-2-4-6-11-27(41-22-13-14-25(37)24(17-22)36(38,39)40)31(47)45-20-23(18-28(45)30(46)43-35)51-33-42-26-10-7-8-12-29(26)52-33/h5,7-10,12-14,17,21,23,27-28,41H,2-4,6,11,15-16,18-20H2,1H3,(H,43,46)(H,44,48)/b9-5-/t21-,23-,27+,28+,35-/m1/s1. The van der Waals surface area contributed by atoms with E-state index >= 15 is 0 Å². The summed E-state index contributed by atoms with van der Waals surface area (Å²) in [5, 5.41) is 6.00. The lowest BCUT2D eigenvalue weighted by Gasteiger charge is -2.30. The van der Waals surface area contributed by atoms with Crippen LogP contribution in [0.2, 0.25) is 0 Å². The SMILES string of the molecule is CC1(S(=O)(=O)NC(=O)[C@@]23C[C@H]2/C=C\CCCCC[C@H](Nc2ccc(F)c(C(F)(F)F)c2)C(=O)N2C[C@H](Oc4nc5ccccc5s4)C[C@H]2C(=O)N3)CC1. The number of para-hydroxylation sites is 1. The molecule has 2 saturated carbocycles. The molecule has 1 aromatic heterocycles. The summed E-state index contributed by atoms with van der Waals surface area (Å²) in [6.07, 6.45) is 1.59. The molecule has 7 rings (SSSR count). The maximum Gasteiger partial charge on any atom is 0.419 e. The topological polar surface area (TPSA) is 147 Å². The molecule has 53 heavy (non-hydrogen) atoms. The summed E-state index contributed by atoms with van der Waals surface area (Å²) in [7, 11) is -4.03. The largest absolute Gasteiger partial charge is 0.465 e. The van der Waals surface area contributed by atoms with E-state index in [1.54, 1.807) is 13.0 Å². The van der Waals surface area contributed by atoms with Gasteiger partial charge in [-0.15, -0.1) is 0 Å². The van der Waals surface area contributed by atoms with Gasteiger partial charge < -0.3 is 20.3 Å². The molecule has 0 spiro atoms. The van der Waals surface area contributed by atoms with E-state index in [0.717, 1.165) is 10.8 Å². The Morgan fingerprint density at radius 3 is 2.62 bits per heavy atom. The summed E-state index contributed by atoms with van der Waals surface area (Å²) in [4.78, 5) is 48.3. The number of benzene rings is 2. The predicted molar refractivity (Wildman–Crippen MR) is 189 cm³/mol. The molecule has 3 heterocycles. The second kappa shape index (κ2) is 13.9. The highest BCUT2D eigenvalue weighted by Crippen LogP contribution is 2.47. The van der Waals surface area contributed by atoms with E-state index in [-0.39, 0.29) is 31.5 Å². The average Bonchev–Trinajstić information content (AvgIpc) is 3.91. The van der Waals surface area contributed by atoms with Crippen LogP contribution in [0.15, 0.2) is 54.6 Å². The van der Waals surface area contributed by atoms with Crippen molar-refractivity contribution in [2.75, 3.05) is 11.9 Å². The van der Waals surface area contributed by atoms with E-state index in [1.165, 1.54) is 16.2 Å². The summed E-state index contributed by atoms with van der Waals surface area (Å²) in [6, 6.07) is 7.50. The molecule has 0 unspecified atom stereocenters. The minimum atomic E-state index is -4.97. The van der Waals surface area contributed by atoms with Crippen LogP contribution in [0.4, 0.5) is 23.2 Å². The van der Waals surface area contributed by atoms with Gasteiger partial charge in [0.25, 0.3) is 11.1 Å². The number of fused-ring (bicyclic) bond motifs is 3. The van der Waals surface area contributed by atoms with Crippen molar-refractivity contribution in [3.05, 3.63) is 66.0 Å². The minimum Gasteiger partial charge on any atom is -0.465 e. The van der Waals surface area contributed by atoms with Gasteiger partial charge in [-0.1, -0.05) is 48.5 Å². The number of nitrogens with zero attached hydrogens (tertiary/aromatic N) is 2. The lowest BCUT2D eigenvalue weighted by atomic mass is 10.0. The van der Waals surface area contributed by atoms with Gasteiger partial charge in [0, 0.05) is 18.0 Å². The molecule has 284 valence electrons. The third-order valence-corrected chi connectivity index (χ3v) is 13.7. The summed E-state index contributed by atoms with van der Waals surface area (Å²) >= 11 is 1.29. The molecular weight excluding hydrogens is 739 g/mol. The first-order valence-electron chi connectivity index (χ1n) is 17.6. The molecule has 2 aliphatic carbocycles. The Morgan fingerprint density at radius 1 is 1.11 bits per heavy atom. The number of sulfonamides is 1. The molecular formula is C36H39F4N5O6S2. The zero-order chi connectivity index (χ0) is 37.8. The number of halogens is 4. The van der Waals surface area contributed by atoms with Gasteiger partial charge in [-0.2, -0.15) is 13.2 Å². The summed E-state index contributed by atoms with van der Waals surface area (Å²) in [5.74, 6) is -4.10. The molecule has 4 aliphatic rings. The van der Waals surface area contributed by atoms with Crippen LogP contribution >= 0.6 is 11.3 Å². The molecule has 3 amide bonds. The fourth-order valence-corrected chi connectivity index (χ4v) is 9.22. The first-order valence-corrected chi connectivity index (χ1v) is 19.9. The van der Waals surface area contributed by atoms with E-state index in [2.05, 4.69) is 20.3 Å². The number of thiazole rings is 1. The molecule has 0 bridgehead atoms. The van der Waals surface area contributed by atoms with Gasteiger partial charge in [-0.05, 0) is 75.8 Å². The van der Waals surface area contributed by atoms with Crippen molar-refractivity contribution in [1.82, 2.24) is 19.9 Å². The first kappa shape index (κ1) is 37.1. The minimum absolute atomic E-state index is 0.0104. The lowest BCUT2D eigenvalue weighted by molar-refractivity contribution is -0.140. The number of hydrogen-bond acceptors (Lipinski definition) is 9. The Bertz CT molecular complexity index is 2040. The Balaban J connectivity index is 1.20. The molecule has 3 aromatic rings. The van der Waals surface area contributed by atoms with E-state index in [4.69, 9.17) is 4.74 Å². The van der Waals surface area contributed by atoms with Crippen molar-refractivity contribution < 1.29 is 45.1 Å². The van der Waals surface area contributed by atoms with Crippen LogP contribution in [-0.2, 0) is 30.6 Å². The first-order chi connectivity index (χ1) is 25.1. The summed E-state index contributed by atoms with van der Waals surface area (Å²) in [5.41, 5.74) is -2.48. The predicted octanol–water partition coefficient (Wildman–Crippen LogP) is 5.68. The van der Waals surface area contributed by atoms with Gasteiger partial charge in [0.15, 0.2) is 0 Å². The van der Waals surface area contributed by atoms with E-state index in [9.17, 15) is 40.4 Å². The van der Waals surface area contributed by atoms with Crippen molar-refractivity contribution >= 4 is 55.0 Å². The summed E-state index contributed by atoms with van der Waals surface area (Å²) in [6.45, 7) is 1.46. The van der Waals surface area contributed by atoms with Gasteiger partial charge in [-0.25, -0.2) is 17.8 Å². The van der Waals surface area contributed by atoms with Crippen LogP contribution in [-0.4, -0.2) is 71.0 Å². The molecule has 1 saturated heterocycles. The Kier molecular flexibility index (Phi) is 9.70. The smallest absolute Gasteiger partial charge is 0.419 e. The van der Waals surface area contributed by atoms with E-state index in [0.29, 0.717) is 61.4 Å². The maximum atomic E-state index is 14.5. The quantitative estimate of drug-likeness (QED) is 0.205. The van der Waals surface area contributed by atoms with Crippen LogP contribution in [0.3, 0.4) is 0 Å². The number of nitrogens with one attached hydrogen (secondary N) is 3. The maximum absolute atomic E-state index is 14.5. The van der Waals surface area contributed by atoms with Gasteiger partial charge in [0.2, 0.25) is 21.8 Å². The molecule has 17 heteroatoms. The number of allylic oxidation sites excluding steroid dienone is 1. The number of rotatable bonds is 7. The van der Waals surface area contributed by atoms with Crippen molar-refractivity contribution in [2.24, 2.45) is 5.92 Å². The third-order valence-electron chi connectivity index (χ3n) is 10.6. The van der Waals surface area contributed by atoms with Crippen LogP contribution in [0.25, 0.3) is 10.2 Å². The zero-order valence-corrected chi connectivity index (χ0v) is 30.4. The molecule has 5 atom stereocenters. The molecule has 2 aromatic carbocycles. The second-order valence-corrected chi connectivity index (χ2v) is 17.7. The highest BCUT2D eigenvalue weighted by Gasteiger charge is 2.63. The highest BCUT2D eigenvalue weighted by molar-refractivity contribution is 7.91. The van der Waals surface area contributed by atoms with E-state index in [1.807, 2.05) is 30.3 Å². The Labute approximate surface area is 307 Å². The van der Waals surface area contributed by atoms with Gasteiger partial charge >= 0.3 is 6.18 Å². The van der Waals surface area contributed by atoms with Crippen LogP contribution in [0.1, 0.15) is 70.3 Å². The number of aromatic nitrogens is 1. The summed E-state index contributed by atoms with van der Waals surface area (Å²) < 4.78 is 89.3. The fraction of sp³-hybridized carbons (Fsp3) is 0.500. The third kappa shape index (κ3) is 7.59. The van der Waals surface area contributed by atoms with Gasteiger partial charge in [-0.3, -0.25) is 19.1 Å². The van der Waals surface area contributed by atoms with Crippen LogP contribution in [0.5, 0.6) is 5.19 Å². The average molecular weight is 778 g/mol. The molecule has 0 radical (unpaired) electrons. The second-order valence-electron chi connectivity index (χ2n) is 14.5. The Hall–Kier alpha value is -4.25. The Morgan fingerprint density at radius 2 is 1.89 bits per heavy atom. The van der Waals surface area contributed by atoms with Crippen molar-refractivity contribution in [2.45, 2.75) is 99.4 Å². The lowest BCUT2D eigenvalue weighted by Crippen LogP contribution is -2.58. The van der Waals surface area contributed by atoms with Crippen LogP contribution in [0, 0.1) is 11.7 Å². The highest BCUT2D eigenvalue weighted by atomic mass is 32.2. The number of alkyl halides is 3.